The molecule has 0 bridgehead atoms. The highest BCUT2D eigenvalue weighted by atomic mass is 16.5. The number of rotatable bonds is 5. The molecule has 0 aliphatic carbocycles. The van der Waals surface area contributed by atoms with Gasteiger partial charge in [0.2, 0.25) is 0 Å². The predicted octanol–water partition coefficient (Wildman–Crippen LogP) is 4.29. The summed E-state index contributed by atoms with van der Waals surface area (Å²) in [5.74, 6) is 0.790. The van der Waals surface area contributed by atoms with Crippen LogP contribution in [-0.2, 0) is 6.42 Å². The number of nitrogens with one attached hydrogen (secondary N) is 2. The Bertz CT molecular complexity index is 577. The highest BCUT2D eigenvalue weighted by Crippen LogP contribution is 2.16. The van der Waals surface area contributed by atoms with Gasteiger partial charge in [0.15, 0.2) is 0 Å². The van der Waals surface area contributed by atoms with E-state index in [-0.39, 0.29) is 6.03 Å². The summed E-state index contributed by atoms with van der Waals surface area (Å²) in [4.78, 5) is 11.9. The number of aryl methyl sites for hydroxylation is 1. The summed E-state index contributed by atoms with van der Waals surface area (Å²) in [6, 6.07) is 14.8. The Kier molecular flexibility index (Phi) is 5.21. The third-order valence-corrected chi connectivity index (χ3v) is 3.04. The lowest BCUT2D eigenvalue weighted by Gasteiger charge is -2.09. The number of benzene rings is 2. The van der Waals surface area contributed by atoms with Gasteiger partial charge in [-0.05, 0) is 55.3 Å². The van der Waals surface area contributed by atoms with Crippen molar-refractivity contribution in [3.8, 4) is 5.75 Å². The van der Waals surface area contributed by atoms with Crippen LogP contribution in [0, 0.1) is 0 Å². The molecule has 4 nitrogen and oxygen atoms in total. The molecule has 2 aromatic rings. The average Bonchev–Trinajstić information content (AvgIpc) is 2.50. The highest BCUT2D eigenvalue weighted by molar-refractivity contribution is 5.99. The lowest BCUT2D eigenvalue weighted by molar-refractivity contribution is 0.262. The number of urea groups is 1. The van der Waals surface area contributed by atoms with Gasteiger partial charge in [0.1, 0.15) is 5.75 Å². The van der Waals surface area contributed by atoms with Crippen molar-refractivity contribution in [1.82, 2.24) is 0 Å². The third kappa shape index (κ3) is 4.53. The van der Waals surface area contributed by atoms with E-state index in [1.165, 1.54) is 5.56 Å². The molecule has 110 valence electrons. The average molecular weight is 284 g/mol. The highest BCUT2D eigenvalue weighted by Gasteiger charge is 2.03. The Balaban J connectivity index is 1.91. The Morgan fingerprint density at radius 1 is 0.905 bits per heavy atom. The van der Waals surface area contributed by atoms with Crippen molar-refractivity contribution < 1.29 is 9.53 Å². The van der Waals surface area contributed by atoms with Crippen molar-refractivity contribution in [2.75, 3.05) is 17.2 Å². The van der Waals surface area contributed by atoms with E-state index in [2.05, 4.69) is 17.6 Å². The van der Waals surface area contributed by atoms with Crippen LogP contribution in [0.5, 0.6) is 5.75 Å². The first-order chi connectivity index (χ1) is 10.2. The van der Waals surface area contributed by atoms with Gasteiger partial charge in [-0.1, -0.05) is 19.1 Å². The zero-order valence-corrected chi connectivity index (χ0v) is 12.3. The second kappa shape index (κ2) is 7.33. The van der Waals surface area contributed by atoms with E-state index in [4.69, 9.17) is 4.74 Å². The fraction of sp³-hybridized carbons (Fsp3) is 0.235. The third-order valence-electron chi connectivity index (χ3n) is 3.04. The van der Waals surface area contributed by atoms with Gasteiger partial charge < -0.3 is 15.4 Å². The minimum Gasteiger partial charge on any atom is -0.494 e. The van der Waals surface area contributed by atoms with E-state index in [1.807, 2.05) is 55.5 Å². The molecule has 2 N–H and O–H groups in total. The lowest BCUT2D eigenvalue weighted by Crippen LogP contribution is -2.19. The van der Waals surface area contributed by atoms with Gasteiger partial charge in [0.25, 0.3) is 0 Å². The fourth-order valence-electron chi connectivity index (χ4n) is 1.92. The summed E-state index contributed by atoms with van der Waals surface area (Å²) in [5.41, 5.74) is 2.74. The molecule has 0 aromatic heterocycles. The van der Waals surface area contributed by atoms with Crippen LogP contribution >= 0.6 is 0 Å². The molecule has 0 unspecified atom stereocenters. The van der Waals surface area contributed by atoms with Crippen LogP contribution in [0.25, 0.3) is 0 Å². The van der Waals surface area contributed by atoms with Crippen molar-refractivity contribution in [2.45, 2.75) is 20.3 Å². The quantitative estimate of drug-likeness (QED) is 0.860. The topological polar surface area (TPSA) is 50.4 Å². The minimum atomic E-state index is -0.261. The van der Waals surface area contributed by atoms with Gasteiger partial charge in [-0.2, -0.15) is 0 Å². The number of carbonyl (C=O) groups is 1. The molecule has 2 amide bonds. The number of hydrogen-bond acceptors (Lipinski definition) is 2. The second-order valence-electron chi connectivity index (χ2n) is 4.59. The van der Waals surface area contributed by atoms with E-state index < -0.39 is 0 Å². The standard InChI is InChI=1S/C17H20N2O2/c1-3-13-5-7-14(8-6-13)18-17(20)19-15-9-11-16(12-10-15)21-4-2/h5-12H,3-4H2,1-2H3,(H2,18,19,20). The van der Waals surface area contributed by atoms with Crippen molar-refractivity contribution in [3.05, 3.63) is 54.1 Å². The van der Waals surface area contributed by atoms with Gasteiger partial charge in [-0.3, -0.25) is 0 Å². The zero-order chi connectivity index (χ0) is 15.1. The van der Waals surface area contributed by atoms with E-state index >= 15 is 0 Å². The smallest absolute Gasteiger partial charge is 0.323 e. The maximum absolute atomic E-state index is 11.9. The first kappa shape index (κ1) is 14.9. The molecule has 4 heteroatoms. The molecule has 21 heavy (non-hydrogen) atoms. The molecular weight excluding hydrogens is 264 g/mol. The number of carbonyl (C=O) groups excluding carboxylic acids is 1. The van der Waals surface area contributed by atoms with Crippen molar-refractivity contribution >= 4 is 17.4 Å². The molecule has 0 aliphatic heterocycles. The first-order valence-corrected chi connectivity index (χ1v) is 7.11. The van der Waals surface area contributed by atoms with Crippen LogP contribution in [0.4, 0.5) is 16.2 Å². The molecular formula is C17H20N2O2. The predicted molar refractivity (Wildman–Crippen MR) is 86.1 cm³/mol. The Hall–Kier alpha value is -2.49. The van der Waals surface area contributed by atoms with Crippen molar-refractivity contribution in [1.29, 1.82) is 0 Å². The monoisotopic (exact) mass is 284 g/mol. The Morgan fingerprint density at radius 3 is 1.90 bits per heavy atom. The SMILES string of the molecule is CCOc1ccc(NC(=O)Nc2ccc(CC)cc2)cc1. The second-order valence-corrected chi connectivity index (χ2v) is 4.59. The number of amides is 2. The number of hydrogen-bond donors (Lipinski definition) is 2. The fourth-order valence-corrected chi connectivity index (χ4v) is 1.92. The zero-order valence-electron chi connectivity index (χ0n) is 12.3. The Morgan fingerprint density at radius 2 is 1.43 bits per heavy atom. The number of ether oxygens (including phenoxy) is 1. The van der Waals surface area contributed by atoms with E-state index in [0.717, 1.165) is 23.5 Å². The normalized spacial score (nSPS) is 10.0. The van der Waals surface area contributed by atoms with Gasteiger partial charge >= 0.3 is 6.03 Å². The molecule has 0 saturated carbocycles. The van der Waals surface area contributed by atoms with Gasteiger partial charge in [0, 0.05) is 11.4 Å². The van der Waals surface area contributed by atoms with Crippen LogP contribution in [0.15, 0.2) is 48.5 Å². The lowest BCUT2D eigenvalue weighted by atomic mass is 10.1. The van der Waals surface area contributed by atoms with E-state index in [9.17, 15) is 4.79 Å². The maximum atomic E-state index is 11.9. The summed E-state index contributed by atoms with van der Waals surface area (Å²) >= 11 is 0. The molecule has 0 fully saturated rings. The molecule has 2 rings (SSSR count). The van der Waals surface area contributed by atoms with Gasteiger partial charge in [0.05, 0.1) is 6.61 Å². The van der Waals surface area contributed by atoms with E-state index in [1.54, 1.807) is 0 Å². The van der Waals surface area contributed by atoms with Gasteiger partial charge in [-0.25, -0.2) is 4.79 Å². The van der Waals surface area contributed by atoms with Crippen LogP contribution in [-0.4, -0.2) is 12.6 Å². The molecule has 0 radical (unpaired) electrons. The molecule has 0 heterocycles. The first-order valence-electron chi connectivity index (χ1n) is 7.11. The molecule has 0 saturated heterocycles. The molecule has 0 atom stereocenters. The largest absolute Gasteiger partial charge is 0.494 e. The van der Waals surface area contributed by atoms with Crippen LogP contribution in [0.3, 0.4) is 0 Å². The summed E-state index contributed by atoms with van der Waals surface area (Å²) in [6.07, 6.45) is 0.985. The summed E-state index contributed by atoms with van der Waals surface area (Å²) in [6.45, 7) is 4.66. The number of anilines is 2. The molecule has 0 aliphatic rings. The van der Waals surface area contributed by atoms with E-state index in [0.29, 0.717) is 6.61 Å². The summed E-state index contributed by atoms with van der Waals surface area (Å²) < 4.78 is 5.35. The van der Waals surface area contributed by atoms with Crippen LogP contribution in [0.2, 0.25) is 0 Å². The summed E-state index contributed by atoms with van der Waals surface area (Å²) in [5, 5.41) is 5.58. The minimum absolute atomic E-state index is 0.261. The molecule has 0 spiro atoms. The van der Waals surface area contributed by atoms with Crippen LogP contribution in [0.1, 0.15) is 19.4 Å². The Labute approximate surface area is 125 Å². The molecule has 2 aromatic carbocycles. The van der Waals surface area contributed by atoms with Crippen LogP contribution < -0.4 is 15.4 Å². The maximum Gasteiger partial charge on any atom is 0.323 e. The summed E-state index contributed by atoms with van der Waals surface area (Å²) in [7, 11) is 0. The van der Waals surface area contributed by atoms with Crippen molar-refractivity contribution in [2.24, 2.45) is 0 Å². The van der Waals surface area contributed by atoms with Crippen molar-refractivity contribution in [3.63, 3.8) is 0 Å². The van der Waals surface area contributed by atoms with Gasteiger partial charge in [-0.15, -0.1) is 0 Å².